The summed E-state index contributed by atoms with van der Waals surface area (Å²) in [5.74, 6) is -1.85. The van der Waals surface area contributed by atoms with Gasteiger partial charge in [-0.25, -0.2) is 0 Å². The second-order valence-corrected chi connectivity index (χ2v) is 6.44. The predicted molar refractivity (Wildman–Crippen MR) is 76.4 cm³/mol. The van der Waals surface area contributed by atoms with E-state index in [0.717, 1.165) is 0 Å². The topological polar surface area (TPSA) is 89.5 Å². The summed E-state index contributed by atoms with van der Waals surface area (Å²) >= 11 is 0. The average molecular weight is 290 g/mol. The molecule has 2 N–H and O–H groups in total. The third-order valence-electron chi connectivity index (χ3n) is 5.16. The molecule has 0 unspecified atom stereocenters. The third-order valence-corrected chi connectivity index (χ3v) is 5.16. The number of aliphatic carboxylic acids is 1. The van der Waals surface area contributed by atoms with Crippen LogP contribution in [-0.2, 0) is 9.59 Å². The largest absolute Gasteiger partial charge is 0.550 e. The highest BCUT2D eigenvalue weighted by Gasteiger charge is 2.54. The van der Waals surface area contributed by atoms with Gasteiger partial charge in [-0.1, -0.05) is 32.9 Å². The van der Waals surface area contributed by atoms with E-state index in [1.165, 1.54) is 6.07 Å². The molecule has 1 aromatic carbocycles. The van der Waals surface area contributed by atoms with Crippen LogP contribution in [0.25, 0.3) is 0 Å². The van der Waals surface area contributed by atoms with Crippen LogP contribution in [0.15, 0.2) is 24.3 Å². The van der Waals surface area contributed by atoms with Crippen molar-refractivity contribution >= 4 is 17.6 Å². The SMILES string of the molecule is CC1(C)[C@H](C(=O)Nc2ccccc2O)CC[C@]1(C)C(=O)[O-]. The van der Waals surface area contributed by atoms with Crippen LogP contribution in [-0.4, -0.2) is 17.0 Å². The maximum absolute atomic E-state index is 12.5. The standard InChI is InChI=1S/C16H21NO4/c1-15(2)10(8-9-16(15,3)14(20)21)13(19)17-11-6-4-5-7-12(11)18/h4-7,10,18H,8-9H2,1-3H3,(H,17,19)(H,20,21)/p-1/t10-,16+/m0/s1. The Morgan fingerprint density at radius 1 is 1.29 bits per heavy atom. The van der Waals surface area contributed by atoms with Crippen molar-refractivity contribution in [1.29, 1.82) is 0 Å². The second-order valence-electron chi connectivity index (χ2n) is 6.44. The summed E-state index contributed by atoms with van der Waals surface area (Å²) in [6, 6.07) is 6.46. The molecule has 0 spiro atoms. The molecule has 0 saturated heterocycles. The van der Waals surface area contributed by atoms with E-state index in [1.54, 1.807) is 39.0 Å². The minimum atomic E-state index is -1.12. The molecule has 2 rings (SSSR count). The number of aromatic hydroxyl groups is 1. The van der Waals surface area contributed by atoms with Gasteiger partial charge in [0, 0.05) is 17.3 Å². The van der Waals surface area contributed by atoms with Crippen molar-refractivity contribution in [2.45, 2.75) is 33.6 Å². The Hall–Kier alpha value is -2.04. The van der Waals surface area contributed by atoms with Gasteiger partial charge in [0.1, 0.15) is 5.75 Å². The van der Waals surface area contributed by atoms with Gasteiger partial charge in [0.25, 0.3) is 0 Å². The number of carbonyl (C=O) groups excluding carboxylic acids is 2. The van der Waals surface area contributed by atoms with Gasteiger partial charge in [-0.2, -0.15) is 0 Å². The molecule has 1 fully saturated rings. The molecule has 0 aromatic heterocycles. The molecule has 1 amide bonds. The predicted octanol–water partition coefficient (Wildman–Crippen LogP) is 1.52. The zero-order chi connectivity index (χ0) is 15.8. The van der Waals surface area contributed by atoms with Crippen LogP contribution in [0.3, 0.4) is 0 Å². The van der Waals surface area contributed by atoms with Crippen molar-refractivity contribution in [1.82, 2.24) is 0 Å². The summed E-state index contributed by atoms with van der Waals surface area (Å²) in [4.78, 5) is 23.9. The first-order valence-corrected chi connectivity index (χ1v) is 7.00. The van der Waals surface area contributed by atoms with Crippen LogP contribution in [0.2, 0.25) is 0 Å². The van der Waals surface area contributed by atoms with Crippen LogP contribution in [0.5, 0.6) is 5.75 Å². The van der Waals surface area contributed by atoms with Gasteiger partial charge >= 0.3 is 0 Å². The molecule has 0 aliphatic heterocycles. The quantitative estimate of drug-likeness (QED) is 0.826. The van der Waals surface area contributed by atoms with Crippen molar-refractivity contribution in [3.8, 4) is 5.75 Å². The molecule has 5 heteroatoms. The smallest absolute Gasteiger partial charge is 0.228 e. The van der Waals surface area contributed by atoms with E-state index >= 15 is 0 Å². The number of phenolic OH excluding ortho intramolecular Hbond substituents is 1. The number of carboxylic acids is 1. The van der Waals surface area contributed by atoms with E-state index in [-0.39, 0.29) is 11.7 Å². The fourth-order valence-corrected chi connectivity index (χ4v) is 3.12. The molecule has 0 heterocycles. The van der Waals surface area contributed by atoms with Crippen molar-refractivity contribution in [3.05, 3.63) is 24.3 Å². The number of benzene rings is 1. The summed E-state index contributed by atoms with van der Waals surface area (Å²) in [5, 5.41) is 23.8. The zero-order valence-corrected chi connectivity index (χ0v) is 12.5. The minimum Gasteiger partial charge on any atom is -0.550 e. The molecule has 1 aromatic rings. The summed E-state index contributed by atoms with van der Waals surface area (Å²) in [6.45, 7) is 5.20. The Morgan fingerprint density at radius 3 is 2.43 bits per heavy atom. The molecule has 1 saturated carbocycles. The summed E-state index contributed by atoms with van der Waals surface area (Å²) in [7, 11) is 0. The van der Waals surface area contributed by atoms with Crippen molar-refractivity contribution in [2.75, 3.05) is 5.32 Å². The molecule has 114 valence electrons. The van der Waals surface area contributed by atoms with Crippen LogP contribution in [0, 0.1) is 16.7 Å². The molecule has 2 atom stereocenters. The van der Waals surface area contributed by atoms with E-state index in [1.807, 2.05) is 0 Å². The first-order chi connectivity index (χ1) is 9.70. The molecular formula is C16H20NO4-. The second kappa shape index (κ2) is 5.06. The zero-order valence-electron chi connectivity index (χ0n) is 12.5. The fourth-order valence-electron chi connectivity index (χ4n) is 3.12. The lowest BCUT2D eigenvalue weighted by Crippen LogP contribution is -2.49. The number of hydrogen-bond donors (Lipinski definition) is 2. The fraction of sp³-hybridized carbons (Fsp3) is 0.500. The van der Waals surface area contributed by atoms with Crippen molar-refractivity contribution < 1.29 is 19.8 Å². The molecule has 0 bridgehead atoms. The molecular weight excluding hydrogens is 270 g/mol. The number of nitrogens with one attached hydrogen (secondary N) is 1. The Kier molecular flexibility index (Phi) is 3.70. The number of amides is 1. The van der Waals surface area contributed by atoms with Gasteiger partial charge in [0.2, 0.25) is 5.91 Å². The highest BCUT2D eigenvalue weighted by molar-refractivity contribution is 5.95. The molecule has 0 radical (unpaired) electrons. The number of hydrogen-bond acceptors (Lipinski definition) is 4. The summed E-state index contributed by atoms with van der Waals surface area (Å²) < 4.78 is 0. The van der Waals surface area contributed by atoms with Gasteiger partial charge in [-0.15, -0.1) is 0 Å². The third kappa shape index (κ3) is 2.37. The Balaban J connectivity index is 2.22. The van der Waals surface area contributed by atoms with Gasteiger partial charge in [0.05, 0.1) is 5.69 Å². The highest BCUT2D eigenvalue weighted by atomic mass is 16.4. The molecule has 21 heavy (non-hydrogen) atoms. The monoisotopic (exact) mass is 290 g/mol. The maximum Gasteiger partial charge on any atom is 0.228 e. The number of rotatable bonds is 3. The first kappa shape index (κ1) is 15.4. The Bertz CT molecular complexity index is 581. The molecule has 5 nitrogen and oxygen atoms in total. The molecule has 1 aliphatic rings. The van der Waals surface area contributed by atoms with Crippen molar-refractivity contribution in [3.63, 3.8) is 0 Å². The average Bonchev–Trinajstić information content (AvgIpc) is 2.64. The van der Waals surface area contributed by atoms with Crippen LogP contribution >= 0.6 is 0 Å². The number of carbonyl (C=O) groups is 2. The van der Waals surface area contributed by atoms with Gasteiger partial charge in [-0.05, 0) is 30.4 Å². The number of phenols is 1. The van der Waals surface area contributed by atoms with Gasteiger partial charge in [-0.3, -0.25) is 4.79 Å². The van der Waals surface area contributed by atoms with Crippen LogP contribution in [0.1, 0.15) is 33.6 Å². The Labute approximate surface area is 124 Å². The van der Waals surface area contributed by atoms with Crippen LogP contribution in [0.4, 0.5) is 5.69 Å². The first-order valence-electron chi connectivity index (χ1n) is 7.00. The Morgan fingerprint density at radius 2 is 1.90 bits per heavy atom. The highest BCUT2D eigenvalue weighted by Crippen LogP contribution is 2.55. The lowest BCUT2D eigenvalue weighted by molar-refractivity contribution is -0.323. The van der Waals surface area contributed by atoms with E-state index in [4.69, 9.17) is 0 Å². The summed E-state index contributed by atoms with van der Waals surface area (Å²) in [5.41, 5.74) is -1.42. The van der Waals surface area contributed by atoms with E-state index in [9.17, 15) is 19.8 Å². The van der Waals surface area contributed by atoms with E-state index in [2.05, 4.69) is 5.32 Å². The van der Waals surface area contributed by atoms with Gasteiger partial charge in [0.15, 0.2) is 0 Å². The number of carboxylic acid groups (broad SMARTS) is 1. The lowest BCUT2D eigenvalue weighted by atomic mass is 9.65. The summed E-state index contributed by atoms with van der Waals surface area (Å²) in [6.07, 6.45) is 0.887. The normalized spacial score (nSPS) is 27.3. The molecule has 1 aliphatic carbocycles. The lowest BCUT2D eigenvalue weighted by Gasteiger charge is -2.41. The van der Waals surface area contributed by atoms with Crippen molar-refractivity contribution in [2.24, 2.45) is 16.7 Å². The number of anilines is 1. The minimum absolute atomic E-state index is 0.00989. The van der Waals surface area contributed by atoms with Crippen LogP contribution < -0.4 is 10.4 Å². The van der Waals surface area contributed by atoms with E-state index in [0.29, 0.717) is 18.5 Å². The van der Waals surface area contributed by atoms with E-state index < -0.39 is 22.7 Å². The van der Waals surface area contributed by atoms with Gasteiger partial charge < -0.3 is 20.3 Å². The maximum atomic E-state index is 12.5. The number of para-hydroxylation sites is 2.